The molecule has 0 amide bonds. The molecule has 6 nitrogen and oxygen atoms in total. The van der Waals surface area contributed by atoms with Crippen molar-refractivity contribution in [2.75, 3.05) is 18.1 Å². The number of aromatic nitrogens is 3. The standard InChI is InChI=1S/C17H20N4O2/c1-4-23-15(22)8-7-14-12(2)19-20(3)17(14)21-11-9-13-6-5-10-18-16(13)21/h5-8,10H,4,9,11H2,1-3H3. The van der Waals surface area contributed by atoms with Gasteiger partial charge >= 0.3 is 5.97 Å². The van der Waals surface area contributed by atoms with Crippen molar-refractivity contribution in [3.05, 3.63) is 41.2 Å². The van der Waals surface area contributed by atoms with Crippen molar-refractivity contribution < 1.29 is 9.53 Å². The third-order valence-corrected chi connectivity index (χ3v) is 3.89. The maximum atomic E-state index is 11.6. The number of pyridine rings is 1. The highest BCUT2D eigenvalue weighted by Crippen LogP contribution is 2.35. The molecule has 0 spiro atoms. The van der Waals surface area contributed by atoms with E-state index in [1.165, 1.54) is 11.6 Å². The Morgan fingerprint density at radius 3 is 3.09 bits per heavy atom. The van der Waals surface area contributed by atoms with E-state index in [-0.39, 0.29) is 5.97 Å². The monoisotopic (exact) mass is 312 g/mol. The van der Waals surface area contributed by atoms with E-state index in [0.717, 1.165) is 35.9 Å². The molecule has 0 radical (unpaired) electrons. The Hall–Kier alpha value is -2.63. The summed E-state index contributed by atoms with van der Waals surface area (Å²) in [6.07, 6.45) is 5.98. The van der Waals surface area contributed by atoms with Crippen LogP contribution in [-0.4, -0.2) is 33.9 Å². The molecule has 0 aromatic carbocycles. The molecule has 3 rings (SSSR count). The molecular weight excluding hydrogens is 292 g/mol. The number of carbonyl (C=O) groups excluding carboxylic acids is 1. The average molecular weight is 312 g/mol. The number of rotatable bonds is 4. The van der Waals surface area contributed by atoms with E-state index in [2.05, 4.69) is 21.0 Å². The molecule has 1 aliphatic heterocycles. The number of fused-ring (bicyclic) bond motifs is 1. The maximum absolute atomic E-state index is 11.6. The molecule has 0 aliphatic carbocycles. The van der Waals surface area contributed by atoms with Crippen LogP contribution in [0.4, 0.5) is 11.6 Å². The van der Waals surface area contributed by atoms with E-state index in [1.807, 2.05) is 24.7 Å². The third-order valence-electron chi connectivity index (χ3n) is 3.89. The van der Waals surface area contributed by atoms with Crippen molar-refractivity contribution in [3.8, 4) is 0 Å². The summed E-state index contributed by atoms with van der Waals surface area (Å²) < 4.78 is 6.79. The zero-order valence-electron chi connectivity index (χ0n) is 13.6. The number of nitrogens with zero attached hydrogens (tertiary/aromatic N) is 4. The zero-order valence-corrected chi connectivity index (χ0v) is 13.6. The van der Waals surface area contributed by atoms with Gasteiger partial charge in [0, 0.05) is 31.4 Å². The molecule has 23 heavy (non-hydrogen) atoms. The number of hydrogen-bond acceptors (Lipinski definition) is 5. The Kier molecular flexibility index (Phi) is 4.14. The topological polar surface area (TPSA) is 60.2 Å². The van der Waals surface area contributed by atoms with Crippen LogP contribution in [-0.2, 0) is 23.0 Å². The molecule has 2 aromatic rings. The molecule has 0 atom stereocenters. The molecule has 0 saturated carbocycles. The first-order valence-corrected chi connectivity index (χ1v) is 7.71. The summed E-state index contributed by atoms with van der Waals surface area (Å²) in [4.78, 5) is 18.3. The van der Waals surface area contributed by atoms with Gasteiger partial charge in [0.1, 0.15) is 11.6 Å². The van der Waals surface area contributed by atoms with E-state index < -0.39 is 0 Å². The van der Waals surface area contributed by atoms with Gasteiger partial charge in [-0.2, -0.15) is 5.10 Å². The van der Waals surface area contributed by atoms with Gasteiger partial charge in [-0.1, -0.05) is 6.07 Å². The minimum absolute atomic E-state index is 0.346. The molecule has 0 N–H and O–H groups in total. The van der Waals surface area contributed by atoms with Crippen LogP contribution >= 0.6 is 0 Å². The van der Waals surface area contributed by atoms with Crippen LogP contribution in [0.2, 0.25) is 0 Å². The van der Waals surface area contributed by atoms with E-state index in [9.17, 15) is 4.79 Å². The number of aryl methyl sites for hydroxylation is 2. The summed E-state index contributed by atoms with van der Waals surface area (Å²) in [5, 5.41) is 4.50. The lowest BCUT2D eigenvalue weighted by Gasteiger charge is -2.19. The highest BCUT2D eigenvalue weighted by Gasteiger charge is 2.26. The van der Waals surface area contributed by atoms with Crippen molar-refractivity contribution >= 4 is 23.7 Å². The van der Waals surface area contributed by atoms with E-state index >= 15 is 0 Å². The van der Waals surface area contributed by atoms with Gasteiger partial charge < -0.3 is 9.64 Å². The van der Waals surface area contributed by atoms with Gasteiger partial charge in [0.25, 0.3) is 0 Å². The molecule has 2 aromatic heterocycles. The Labute approximate surface area is 135 Å². The molecule has 0 unspecified atom stereocenters. The second-order valence-corrected chi connectivity index (χ2v) is 5.42. The van der Waals surface area contributed by atoms with Crippen molar-refractivity contribution in [2.24, 2.45) is 7.05 Å². The fraction of sp³-hybridized carbons (Fsp3) is 0.353. The van der Waals surface area contributed by atoms with Crippen molar-refractivity contribution in [3.63, 3.8) is 0 Å². The molecule has 6 heteroatoms. The van der Waals surface area contributed by atoms with E-state index in [0.29, 0.717) is 6.61 Å². The van der Waals surface area contributed by atoms with Crippen LogP contribution in [0.15, 0.2) is 24.4 Å². The van der Waals surface area contributed by atoms with E-state index in [4.69, 9.17) is 4.74 Å². The molecule has 1 aliphatic rings. The average Bonchev–Trinajstić information content (AvgIpc) is 3.06. The van der Waals surface area contributed by atoms with Crippen molar-refractivity contribution in [1.29, 1.82) is 0 Å². The zero-order chi connectivity index (χ0) is 16.4. The summed E-state index contributed by atoms with van der Waals surface area (Å²) >= 11 is 0. The van der Waals surface area contributed by atoms with Gasteiger partial charge in [0.2, 0.25) is 0 Å². The second-order valence-electron chi connectivity index (χ2n) is 5.42. The van der Waals surface area contributed by atoms with Crippen LogP contribution in [0, 0.1) is 6.92 Å². The van der Waals surface area contributed by atoms with Crippen LogP contribution in [0.25, 0.3) is 6.08 Å². The van der Waals surface area contributed by atoms with Gasteiger partial charge in [-0.25, -0.2) is 9.78 Å². The first-order chi connectivity index (χ1) is 11.1. The molecule has 3 heterocycles. The van der Waals surface area contributed by atoms with Crippen LogP contribution < -0.4 is 4.90 Å². The predicted octanol–water partition coefficient (Wildman–Crippen LogP) is 2.39. The molecule has 0 bridgehead atoms. The summed E-state index contributed by atoms with van der Waals surface area (Å²) in [5.74, 6) is 1.56. The lowest BCUT2D eigenvalue weighted by Crippen LogP contribution is -2.18. The largest absolute Gasteiger partial charge is 0.463 e. The molecule has 0 fully saturated rings. The lowest BCUT2D eigenvalue weighted by atomic mass is 10.2. The molecule has 0 saturated heterocycles. The van der Waals surface area contributed by atoms with Gasteiger partial charge in [0.15, 0.2) is 0 Å². The Bertz CT molecular complexity index is 764. The van der Waals surface area contributed by atoms with E-state index in [1.54, 1.807) is 19.2 Å². The highest BCUT2D eigenvalue weighted by molar-refractivity contribution is 5.89. The summed E-state index contributed by atoms with van der Waals surface area (Å²) in [7, 11) is 1.91. The fourth-order valence-electron chi connectivity index (χ4n) is 2.93. The minimum Gasteiger partial charge on any atom is -0.463 e. The summed E-state index contributed by atoms with van der Waals surface area (Å²) in [5.41, 5.74) is 3.01. The Balaban J connectivity index is 1.99. The van der Waals surface area contributed by atoms with Crippen LogP contribution in [0.5, 0.6) is 0 Å². The number of hydrogen-bond donors (Lipinski definition) is 0. The van der Waals surface area contributed by atoms with Gasteiger partial charge in [-0.05, 0) is 38.0 Å². The lowest BCUT2D eigenvalue weighted by molar-refractivity contribution is -0.137. The fourth-order valence-corrected chi connectivity index (χ4v) is 2.93. The van der Waals surface area contributed by atoms with Crippen molar-refractivity contribution in [1.82, 2.24) is 14.8 Å². The van der Waals surface area contributed by atoms with Crippen molar-refractivity contribution in [2.45, 2.75) is 20.3 Å². The Morgan fingerprint density at radius 2 is 2.30 bits per heavy atom. The first-order valence-electron chi connectivity index (χ1n) is 7.71. The number of carbonyl (C=O) groups is 1. The number of anilines is 2. The number of esters is 1. The smallest absolute Gasteiger partial charge is 0.330 e. The van der Waals surface area contributed by atoms with Crippen LogP contribution in [0.1, 0.15) is 23.7 Å². The summed E-state index contributed by atoms with van der Waals surface area (Å²) in [6.45, 7) is 4.94. The minimum atomic E-state index is -0.346. The quantitative estimate of drug-likeness (QED) is 0.641. The predicted molar refractivity (Wildman–Crippen MR) is 88.6 cm³/mol. The second kappa shape index (κ2) is 6.24. The maximum Gasteiger partial charge on any atom is 0.330 e. The van der Waals surface area contributed by atoms with Gasteiger partial charge in [-0.3, -0.25) is 4.68 Å². The van der Waals surface area contributed by atoms with Gasteiger partial charge in [0.05, 0.1) is 12.3 Å². The van der Waals surface area contributed by atoms with Crippen LogP contribution in [0.3, 0.4) is 0 Å². The Morgan fingerprint density at radius 1 is 1.48 bits per heavy atom. The normalized spacial score (nSPS) is 13.6. The SMILES string of the molecule is CCOC(=O)C=Cc1c(C)nn(C)c1N1CCc2cccnc21. The molecule has 120 valence electrons. The first kappa shape index (κ1) is 15.3. The highest BCUT2D eigenvalue weighted by atomic mass is 16.5. The molecular formula is C17H20N4O2. The van der Waals surface area contributed by atoms with Gasteiger partial charge in [-0.15, -0.1) is 0 Å². The number of ether oxygens (including phenoxy) is 1. The third kappa shape index (κ3) is 2.84. The summed E-state index contributed by atoms with van der Waals surface area (Å²) in [6, 6.07) is 4.05.